The highest BCUT2D eigenvalue weighted by Crippen LogP contribution is 2.21. The van der Waals surface area contributed by atoms with Crippen molar-refractivity contribution in [3.8, 4) is 5.75 Å². The Morgan fingerprint density at radius 3 is 2.47 bits per heavy atom. The smallest absolute Gasteiger partial charge is 0.119 e. The number of benzene rings is 1. The number of ether oxygens (including phenoxy) is 1. The molecule has 1 aromatic carbocycles. The lowest BCUT2D eigenvalue weighted by molar-refractivity contribution is 0.151. The van der Waals surface area contributed by atoms with Gasteiger partial charge in [0.1, 0.15) is 5.75 Å². The molecule has 3 heteroatoms. The minimum Gasteiger partial charge on any atom is -0.494 e. The number of aliphatic hydroxyl groups excluding tert-OH is 2. The van der Waals surface area contributed by atoms with Gasteiger partial charge in [-0.25, -0.2) is 0 Å². The van der Waals surface area contributed by atoms with Crippen molar-refractivity contribution in [3.63, 3.8) is 0 Å². The van der Waals surface area contributed by atoms with Crippen molar-refractivity contribution in [2.45, 2.75) is 25.9 Å². The van der Waals surface area contributed by atoms with Gasteiger partial charge in [0.2, 0.25) is 0 Å². The van der Waals surface area contributed by atoms with Crippen LogP contribution in [0.4, 0.5) is 0 Å². The number of aliphatic hydroxyl groups is 2. The van der Waals surface area contributed by atoms with Crippen LogP contribution in [0.3, 0.4) is 0 Å². The van der Waals surface area contributed by atoms with Gasteiger partial charge in [-0.1, -0.05) is 12.1 Å². The Bertz CT molecular complexity index is 269. The SMILES string of the molecule is CCOc1ccc(C(O)CCCO)cc1. The maximum absolute atomic E-state index is 9.72. The fraction of sp³-hybridized carbons (Fsp3) is 0.500. The van der Waals surface area contributed by atoms with Crippen LogP contribution in [-0.2, 0) is 0 Å². The minimum atomic E-state index is -0.493. The van der Waals surface area contributed by atoms with Crippen molar-refractivity contribution in [1.82, 2.24) is 0 Å². The van der Waals surface area contributed by atoms with Crippen molar-refractivity contribution in [3.05, 3.63) is 29.8 Å². The molecule has 0 aliphatic carbocycles. The van der Waals surface area contributed by atoms with Gasteiger partial charge in [-0.15, -0.1) is 0 Å². The molecule has 0 spiro atoms. The Labute approximate surface area is 90.3 Å². The molecule has 0 heterocycles. The lowest BCUT2D eigenvalue weighted by atomic mass is 10.1. The van der Waals surface area contributed by atoms with Crippen LogP contribution in [0.15, 0.2) is 24.3 Å². The van der Waals surface area contributed by atoms with Gasteiger partial charge in [-0.05, 0) is 37.5 Å². The second-order valence-corrected chi connectivity index (χ2v) is 3.38. The highest BCUT2D eigenvalue weighted by Gasteiger charge is 2.06. The molecule has 2 N–H and O–H groups in total. The van der Waals surface area contributed by atoms with Crippen LogP contribution in [0.1, 0.15) is 31.4 Å². The van der Waals surface area contributed by atoms with Crippen LogP contribution >= 0.6 is 0 Å². The van der Waals surface area contributed by atoms with Crippen LogP contribution < -0.4 is 4.74 Å². The molecular weight excluding hydrogens is 192 g/mol. The summed E-state index contributed by atoms with van der Waals surface area (Å²) < 4.78 is 5.30. The van der Waals surface area contributed by atoms with E-state index in [0.29, 0.717) is 19.4 Å². The van der Waals surface area contributed by atoms with Crippen molar-refractivity contribution in [2.75, 3.05) is 13.2 Å². The van der Waals surface area contributed by atoms with Gasteiger partial charge in [0, 0.05) is 6.61 Å². The van der Waals surface area contributed by atoms with E-state index in [-0.39, 0.29) is 6.61 Å². The first kappa shape index (κ1) is 12.0. The summed E-state index contributed by atoms with van der Waals surface area (Å²) in [4.78, 5) is 0. The molecule has 84 valence electrons. The van der Waals surface area contributed by atoms with Crippen LogP contribution in [0.2, 0.25) is 0 Å². The molecule has 0 aliphatic rings. The minimum absolute atomic E-state index is 0.119. The second-order valence-electron chi connectivity index (χ2n) is 3.38. The zero-order valence-corrected chi connectivity index (χ0v) is 9.02. The highest BCUT2D eigenvalue weighted by atomic mass is 16.5. The fourth-order valence-corrected chi connectivity index (χ4v) is 1.40. The molecule has 0 aromatic heterocycles. The average Bonchev–Trinajstić information content (AvgIpc) is 2.27. The van der Waals surface area contributed by atoms with E-state index in [1.54, 1.807) is 0 Å². The lowest BCUT2D eigenvalue weighted by Gasteiger charge is -2.10. The van der Waals surface area contributed by atoms with E-state index >= 15 is 0 Å². The zero-order valence-electron chi connectivity index (χ0n) is 9.02. The largest absolute Gasteiger partial charge is 0.494 e. The molecule has 0 saturated carbocycles. The molecular formula is C12H18O3. The second kappa shape index (κ2) is 6.43. The van der Waals surface area contributed by atoms with Crippen LogP contribution in [-0.4, -0.2) is 23.4 Å². The molecule has 0 aliphatic heterocycles. The Morgan fingerprint density at radius 1 is 1.27 bits per heavy atom. The summed E-state index contributed by atoms with van der Waals surface area (Å²) in [6, 6.07) is 7.40. The van der Waals surface area contributed by atoms with Crippen molar-refractivity contribution < 1.29 is 14.9 Å². The maximum atomic E-state index is 9.72. The molecule has 1 aromatic rings. The van der Waals surface area contributed by atoms with Crippen molar-refractivity contribution in [2.24, 2.45) is 0 Å². The van der Waals surface area contributed by atoms with E-state index in [1.807, 2.05) is 31.2 Å². The van der Waals surface area contributed by atoms with Crippen molar-refractivity contribution in [1.29, 1.82) is 0 Å². The Kier molecular flexibility index (Phi) is 5.15. The number of hydrogen-bond acceptors (Lipinski definition) is 3. The van der Waals surface area contributed by atoms with Gasteiger partial charge in [0.25, 0.3) is 0 Å². The van der Waals surface area contributed by atoms with Gasteiger partial charge in [-0.3, -0.25) is 0 Å². The fourth-order valence-electron chi connectivity index (χ4n) is 1.40. The Balaban J connectivity index is 2.54. The molecule has 1 atom stereocenters. The summed E-state index contributed by atoms with van der Waals surface area (Å²) in [6.07, 6.45) is 0.714. The van der Waals surface area contributed by atoms with Gasteiger partial charge < -0.3 is 14.9 Å². The summed E-state index contributed by atoms with van der Waals surface area (Å²) in [5.74, 6) is 0.815. The van der Waals surface area contributed by atoms with Gasteiger partial charge in [0.15, 0.2) is 0 Å². The normalized spacial score (nSPS) is 12.5. The predicted molar refractivity (Wildman–Crippen MR) is 58.9 cm³/mol. The number of rotatable bonds is 6. The summed E-state index contributed by atoms with van der Waals surface area (Å²) in [6.45, 7) is 2.70. The third kappa shape index (κ3) is 3.90. The Hall–Kier alpha value is -1.06. The van der Waals surface area contributed by atoms with E-state index in [4.69, 9.17) is 9.84 Å². The van der Waals surface area contributed by atoms with E-state index in [9.17, 15) is 5.11 Å². The molecule has 15 heavy (non-hydrogen) atoms. The number of hydrogen-bond donors (Lipinski definition) is 2. The average molecular weight is 210 g/mol. The molecule has 0 bridgehead atoms. The predicted octanol–water partition coefficient (Wildman–Crippen LogP) is 1.89. The van der Waals surface area contributed by atoms with Gasteiger partial charge in [0.05, 0.1) is 12.7 Å². The summed E-state index contributed by atoms with van der Waals surface area (Å²) in [5.41, 5.74) is 0.868. The van der Waals surface area contributed by atoms with Gasteiger partial charge >= 0.3 is 0 Å². The van der Waals surface area contributed by atoms with Gasteiger partial charge in [-0.2, -0.15) is 0 Å². The molecule has 1 rings (SSSR count). The third-order valence-electron chi connectivity index (χ3n) is 2.21. The van der Waals surface area contributed by atoms with Crippen LogP contribution in [0, 0.1) is 0 Å². The topological polar surface area (TPSA) is 49.7 Å². The highest BCUT2D eigenvalue weighted by molar-refractivity contribution is 5.28. The van der Waals surface area contributed by atoms with Crippen LogP contribution in [0.5, 0.6) is 5.75 Å². The van der Waals surface area contributed by atoms with E-state index in [0.717, 1.165) is 11.3 Å². The maximum Gasteiger partial charge on any atom is 0.119 e. The molecule has 0 radical (unpaired) electrons. The summed E-state index contributed by atoms with van der Waals surface area (Å²) in [5, 5.41) is 18.4. The standard InChI is InChI=1S/C12H18O3/c1-2-15-11-7-5-10(6-8-11)12(14)4-3-9-13/h5-8,12-14H,2-4,9H2,1H3. The van der Waals surface area contributed by atoms with Crippen molar-refractivity contribution >= 4 is 0 Å². The molecule has 0 fully saturated rings. The third-order valence-corrected chi connectivity index (χ3v) is 2.21. The summed E-state index contributed by atoms with van der Waals surface area (Å²) in [7, 11) is 0. The first-order chi connectivity index (χ1) is 7.27. The summed E-state index contributed by atoms with van der Waals surface area (Å²) >= 11 is 0. The van der Waals surface area contributed by atoms with E-state index < -0.39 is 6.10 Å². The van der Waals surface area contributed by atoms with Crippen LogP contribution in [0.25, 0.3) is 0 Å². The molecule has 1 unspecified atom stereocenters. The Morgan fingerprint density at radius 2 is 1.93 bits per heavy atom. The van der Waals surface area contributed by atoms with E-state index in [1.165, 1.54) is 0 Å². The zero-order chi connectivity index (χ0) is 11.1. The molecule has 0 amide bonds. The molecule has 0 saturated heterocycles. The van der Waals surface area contributed by atoms with E-state index in [2.05, 4.69) is 0 Å². The first-order valence-electron chi connectivity index (χ1n) is 5.29. The monoisotopic (exact) mass is 210 g/mol. The quantitative estimate of drug-likeness (QED) is 0.753. The lowest BCUT2D eigenvalue weighted by Crippen LogP contribution is -1.99. The molecule has 3 nitrogen and oxygen atoms in total. The first-order valence-corrected chi connectivity index (χ1v) is 5.29.